The summed E-state index contributed by atoms with van der Waals surface area (Å²) in [5.74, 6) is -4.38. The number of nitrogens with one attached hydrogen (secondary N) is 1. The highest BCUT2D eigenvalue weighted by Gasteiger charge is 2.54. The lowest BCUT2D eigenvalue weighted by molar-refractivity contribution is -0.293. The second kappa shape index (κ2) is 17.6. The Kier molecular flexibility index (Phi) is 15.5. The van der Waals surface area contributed by atoms with E-state index in [4.69, 9.17) is 24.4 Å². The lowest BCUT2D eigenvalue weighted by Gasteiger charge is -2.47. The first-order chi connectivity index (χ1) is 23.0. The molecular weight excluding hydrogens is 646 g/mol. The van der Waals surface area contributed by atoms with Crippen LogP contribution in [0.4, 0.5) is 0 Å². The predicted octanol–water partition coefficient (Wildman–Crippen LogP) is 3.72. The maximum Gasteiger partial charge on any atom is 0.319 e. The standard InChI is InChI=1S/C37H65N3O10/c1-14-24(38)19-47-32-22(6)28(39-27(41)16-3)20(4)18-36(10,45)31(50-33-29(42)25(40(12)13)17-21(5)48-33)23(7)30(43)35(8,9)34(44)49-26(15-2)37(32,11)46/h20-23,25-26,29,31-33,38,42,45-46H,14-19H2,1-13H3/b38-24?,39-28+/t20-,21-,22+,23+,25+,26-,29-,31-,32-,33+,36-,37-/m1/s1. The molecule has 13 nitrogen and oxygen atoms in total. The number of ether oxygens (including phenoxy) is 4. The Morgan fingerprint density at radius 3 is 2.12 bits per heavy atom. The minimum Gasteiger partial charge on any atom is -0.458 e. The van der Waals surface area contributed by atoms with Gasteiger partial charge < -0.3 is 44.6 Å². The molecule has 0 unspecified atom stereocenters. The van der Waals surface area contributed by atoms with Crippen molar-refractivity contribution in [3.8, 4) is 0 Å². The number of carbonyl (C=O) groups is 3. The van der Waals surface area contributed by atoms with Crippen molar-refractivity contribution in [2.24, 2.45) is 28.2 Å². The van der Waals surface area contributed by atoms with E-state index in [0.717, 1.165) is 0 Å². The van der Waals surface area contributed by atoms with Crippen molar-refractivity contribution in [1.29, 1.82) is 5.41 Å². The van der Waals surface area contributed by atoms with E-state index in [2.05, 4.69) is 4.99 Å². The number of nitrogens with zero attached hydrogens (tertiary/aromatic N) is 2. The number of cyclic esters (lactones) is 1. The van der Waals surface area contributed by atoms with Crippen molar-refractivity contribution < 1.29 is 48.7 Å². The van der Waals surface area contributed by atoms with Gasteiger partial charge in [-0.05, 0) is 80.3 Å². The number of likely N-dealkylation sites (N-methyl/N-ethyl adjacent to an activating group) is 1. The molecule has 0 bridgehead atoms. The van der Waals surface area contributed by atoms with E-state index < -0.39 is 82.7 Å². The van der Waals surface area contributed by atoms with E-state index in [1.807, 2.05) is 32.8 Å². The molecule has 0 saturated carbocycles. The molecule has 2 heterocycles. The second-order valence-corrected chi connectivity index (χ2v) is 15.7. The molecule has 2 aliphatic rings. The van der Waals surface area contributed by atoms with Crippen molar-refractivity contribution in [3.05, 3.63) is 0 Å². The molecule has 0 aliphatic carbocycles. The fourth-order valence-electron chi connectivity index (χ4n) is 7.48. The van der Waals surface area contributed by atoms with E-state index in [0.29, 0.717) is 18.6 Å². The molecule has 0 spiro atoms. The van der Waals surface area contributed by atoms with E-state index >= 15 is 0 Å². The average molecular weight is 712 g/mol. The number of rotatable bonds is 9. The molecular formula is C37H65N3O10. The summed E-state index contributed by atoms with van der Waals surface area (Å²) >= 11 is 0. The van der Waals surface area contributed by atoms with Crippen molar-refractivity contribution in [1.82, 2.24) is 4.90 Å². The molecule has 2 fully saturated rings. The number of aliphatic hydroxyl groups excluding tert-OH is 1. The Morgan fingerprint density at radius 2 is 1.60 bits per heavy atom. The Morgan fingerprint density at radius 1 is 1.00 bits per heavy atom. The van der Waals surface area contributed by atoms with Gasteiger partial charge in [-0.3, -0.25) is 14.4 Å². The summed E-state index contributed by atoms with van der Waals surface area (Å²) in [6.45, 7) is 17.9. The number of amides is 1. The van der Waals surface area contributed by atoms with Gasteiger partial charge in [0.15, 0.2) is 12.1 Å². The van der Waals surface area contributed by atoms with Crippen LogP contribution in [0.15, 0.2) is 4.99 Å². The maximum atomic E-state index is 14.3. The fraction of sp³-hybridized carbons (Fsp3) is 0.865. The molecule has 50 heavy (non-hydrogen) atoms. The number of ketones is 1. The third-order valence-corrected chi connectivity index (χ3v) is 10.6. The molecule has 0 aromatic rings. The predicted molar refractivity (Wildman–Crippen MR) is 190 cm³/mol. The number of hydrogen-bond acceptors (Lipinski definition) is 12. The lowest BCUT2D eigenvalue weighted by atomic mass is 9.71. The van der Waals surface area contributed by atoms with Crippen LogP contribution in [0, 0.1) is 28.6 Å². The van der Waals surface area contributed by atoms with E-state index in [-0.39, 0.29) is 43.7 Å². The number of aliphatic imine (C=N–C) groups is 1. The molecule has 0 radical (unpaired) electrons. The Bertz CT molecular complexity index is 1230. The highest BCUT2D eigenvalue weighted by atomic mass is 16.7. The number of aliphatic hydroxyl groups is 3. The fourth-order valence-corrected chi connectivity index (χ4v) is 7.48. The quantitative estimate of drug-likeness (QED) is 0.155. The molecule has 0 aromatic carbocycles. The zero-order chi connectivity index (χ0) is 38.5. The van der Waals surface area contributed by atoms with Gasteiger partial charge in [0, 0.05) is 35.7 Å². The van der Waals surface area contributed by atoms with Gasteiger partial charge in [-0.2, -0.15) is 0 Å². The first-order valence-electron chi connectivity index (χ1n) is 18.1. The Hall–Kier alpha value is -2.13. The summed E-state index contributed by atoms with van der Waals surface area (Å²) in [5, 5.41) is 44.1. The van der Waals surface area contributed by atoms with Gasteiger partial charge in [-0.15, -0.1) is 0 Å². The van der Waals surface area contributed by atoms with Gasteiger partial charge in [-0.1, -0.05) is 41.5 Å². The van der Waals surface area contributed by atoms with Gasteiger partial charge in [0.2, 0.25) is 5.91 Å². The van der Waals surface area contributed by atoms with E-state index in [1.54, 1.807) is 34.6 Å². The molecule has 2 aliphatic heterocycles. The first kappa shape index (κ1) is 44.0. The summed E-state index contributed by atoms with van der Waals surface area (Å²) < 4.78 is 24.7. The molecule has 2 saturated heterocycles. The largest absolute Gasteiger partial charge is 0.458 e. The highest BCUT2D eigenvalue weighted by molar-refractivity contribution is 6.04. The molecule has 4 N–H and O–H groups in total. The van der Waals surface area contributed by atoms with Crippen molar-refractivity contribution in [2.75, 3.05) is 20.7 Å². The van der Waals surface area contributed by atoms with Crippen LogP contribution in [-0.2, 0) is 33.3 Å². The van der Waals surface area contributed by atoms with Gasteiger partial charge in [-0.25, -0.2) is 4.99 Å². The third-order valence-electron chi connectivity index (χ3n) is 10.6. The van der Waals surface area contributed by atoms with Gasteiger partial charge in [0.25, 0.3) is 0 Å². The topological polar surface area (TPSA) is 188 Å². The summed E-state index contributed by atoms with van der Waals surface area (Å²) in [6.07, 6.45) is -5.04. The summed E-state index contributed by atoms with van der Waals surface area (Å²) in [6, 6.07) is -0.326. The van der Waals surface area contributed by atoms with Crippen LogP contribution in [-0.4, -0.2) is 124 Å². The summed E-state index contributed by atoms with van der Waals surface area (Å²) in [7, 11) is 3.68. The normalized spacial score (nSPS) is 40.0. The van der Waals surface area contributed by atoms with Gasteiger partial charge >= 0.3 is 5.97 Å². The Balaban J connectivity index is 2.84. The van der Waals surface area contributed by atoms with Crippen molar-refractivity contribution in [3.63, 3.8) is 0 Å². The first-order valence-corrected chi connectivity index (χ1v) is 18.1. The zero-order valence-electron chi connectivity index (χ0n) is 32.6. The highest BCUT2D eigenvalue weighted by Crippen LogP contribution is 2.39. The molecule has 12 atom stereocenters. The minimum absolute atomic E-state index is 0.0628. The third kappa shape index (κ3) is 10.0. The van der Waals surface area contributed by atoms with E-state index in [1.165, 1.54) is 27.7 Å². The van der Waals surface area contributed by atoms with E-state index in [9.17, 15) is 29.7 Å². The molecule has 288 valence electrons. The zero-order valence-corrected chi connectivity index (χ0v) is 32.6. The number of hydrogen-bond donors (Lipinski definition) is 4. The smallest absolute Gasteiger partial charge is 0.319 e. The summed E-state index contributed by atoms with van der Waals surface area (Å²) in [4.78, 5) is 47.5. The van der Waals surface area contributed by atoms with Crippen LogP contribution >= 0.6 is 0 Å². The van der Waals surface area contributed by atoms with Crippen molar-refractivity contribution in [2.45, 2.75) is 162 Å². The summed E-state index contributed by atoms with van der Waals surface area (Å²) in [5.41, 5.74) is -4.80. The molecule has 13 heteroatoms. The number of Topliss-reactive ketones (excluding diaryl/α,β-unsaturated/α-hetero) is 1. The number of carbonyl (C=O) groups excluding carboxylic acids is 3. The van der Waals surface area contributed by atoms with Crippen LogP contribution in [0.3, 0.4) is 0 Å². The van der Waals surface area contributed by atoms with Gasteiger partial charge in [0.1, 0.15) is 23.2 Å². The molecule has 2 rings (SSSR count). The monoisotopic (exact) mass is 711 g/mol. The average Bonchev–Trinajstić information content (AvgIpc) is 3.03. The number of esters is 1. The SMILES string of the molecule is CCC(=N)CO[C@@H]1[C@@H](C)/C(=N/C(=O)CC)[C@H](C)C[C@@](C)(O)[C@H](O[C@@H]2O[C@H](C)C[C@H](N(C)C)[C@H]2O)[C@@H](C)C(=O)C(C)(C)C(=O)O[C@H](CC)[C@@]1(C)O. The van der Waals surface area contributed by atoms with Crippen LogP contribution in [0.25, 0.3) is 0 Å². The Labute approximate surface area is 299 Å². The van der Waals surface area contributed by atoms with Crippen molar-refractivity contribution >= 4 is 29.1 Å². The lowest BCUT2D eigenvalue weighted by Crippen LogP contribution is -2.60. The van der Waals surface area contributed by atoms with Crippen LogP contribution in [0.5, 0.6) is 0 Å². The van der Waals surface area contributed by atoms with Crippen LogP contribution in [0.1, 0.15) is 108 Å². The van der Waals surface area contributed by atoms with Crippen LogP contribution < -0.4 is 0 Å². The van der Waals surface area contributed by atoms with Crippen LogP contribution in [0.2, 0.25) is 0 Å². The van der Waals surface area contributed by atoms with Gasteiger partial charge in [0.05, 0.1) is 30.5 Å². The maximum absolute atomic E-state index is 14.3. The molecule has 0 aromatic heterocycles. The molecule has 1 amide bonds. The minimum atomic E-state index is -1.86. The second-order valence-electron chi connectivity index (χ2n) is 15.7.